The lowest BCUT2D eigenvalue weighted by molar-refractivity contribution is 0.0946. The van der Waals surface area contributed by atoms with Gasteiger partial charge in [0.2, 0.25) is 0 Å². The molecule has 0 aromatic heterocycles. The molecule has 0 fully saturated rings. The highest BCUT2D eigenvalue weighted by molar-refractivity contribution is 6.11. The van der Waals surface area contributed by atoms with E-state index in [4.69, 9.17) is 5.73 Å². The highest BCUT2D eigenvalue weighted by atomic mass is 16.1. The first-order valence-corrected chi connectivity index (χ1v) is 6.88. The van der Waals surface area contributed by atoms with E-state index in [1.165, 1.54) is 0 Å². The van der Waals surface area contributed by atoms with Crippen molar-refractivity contribution in [2.45, 2.75) is 13.3 Å². The molecule has 106 valence electrons. The molecule has 3 N–H and O–H groups in total. The van der Waals surface area contributed by atoms with Crippen LogP contribution in [0.3, 0.4) is 0 Å². The second kappa shape index (κ2) is 5.05. The first-order chi connectivity index (χ1) is 10.1. The number of nitrogen functional groups attached to an aromatic ring is 1. The number of rotatable bonds is 2. The smallest absolute Gasteiger partial charge is 0.251 e. The van der Waals surface area contributed by atoms with Crippen LogP contribution in [-0.2, 0) is 6.42 Å². The number of nitrogens with two attached hydrogens (primary N) is 1. The Morgan fingerprint density at radius 3 is 2.81 bits per heavy atom. The summed E-state index contributed by atoms with van der Waals surface area (Å²) in [5, 5.41) is 2.79. The molecule has 4 nitrogen and oxygen atoms in total. The van der Waals surface area contributed by atoms with Gasteiger partial charge < -0.3 is 11.1 Å². The number of anilines is 1. The monoisotopic (exact) mass is 280 g/mol. The van der Waals surface area contributed by atoms with Gasteiger partial charge in [-0.15, -0.1) is 0 Å². The van der Waals surface area contributed by atoms with Crippen LogP contribution in [0.1, 0.15) is 37.4 Å². The molecule has 1 amide bonds. The zero-order chi connectivity index (χ0) is 15.0. The summed E-state index contributed by atoms with van der Waals surface area (Å²) in [7, 11) is 0. The molecule has 2 aromatic carbocycles. The minimum absolute atomic E-state index is 0.110. The molecule has 1 aliphatic rings. The van der Waals surface area contributed by atoms with Gasteiger partial charge in [-0.05, 0) is 42.7 Å². The third kappa shape index (κ3) is 2.40. The van der Waals surface area contributed by atoms with Crippen molar-refractivity contribution in [1.82, 2.24) is 5.32 Å². The molecule has 1 aliphatic heterocycles. The van der Waals surface area contributed by atoms with E-state index in [0.717, 1.165) is 17.5 Å². The third-order valence-electron chi connectivity index (χ3n) is 3.80. The molecule has 3 rings (SSSR count). The van der Waals surface area contributed by atoms with Crippen LogP contribution in [0.4, 0.5) is 5.69 Å². The van der Waals surface area contributed by atoms with Crippen LogP contribution in [0, 0.1) is 6.92 Å². The van der Waals surface area contributed by atoms with Gasteiger partial charge in [0, 0.05) is 28.9 Å². The van der Waals surface area contributed by atoms with Crippen LogP contribution in [0.5, 0.6) is 0 Å². The van der Waals surface area contributed by atoms with Crippen LogP contribution in [-0.4, -0.2) is 18.2 Å². The second-order valence-corrected chi connectivity index (χ2v) is 5.28. The van der Waals surface area contributed by atoms with E-state index in [1.54, 1.807) is 24.3 Å². The van der Waals surface area contributed by atoms with Crippen molar-refractivity contribution < 1.29 is 9.59 Å². The molecule has 0 atom stereocenters. The Kier molecular flexibility index (Phi) is 3.22. The quantitative estimate of drug-likeness (QED) is 0.653. The predicted molar refractivity (Wildman–Crippen MR) is 81.5 cm³/mol. The average molecular weight is 280 g/mol. The van der Waals surface area contributed by atoms with Crippen molar-refractivity contribution in [2.24, 2.45) is 0 Å². The molecule has 0 aliphatic carbocycles. The van der Waals surface area contributed by atoms with Crippen LogP contribution >= 0.6 is 0 Å². The zero-order valence-electron chi connectivity index (χ0n) is 11.8. The third-order valence-corrected chi connectivity index (χ3v) is 3.80. The normalized spacial score (nSPS) is 13.5. The maximum Gasteiger partial charge on any atom is 0.251 e. The fraction of sp³-hybridized carbons (Fsp3) is 0.176. The fourth-order valence-electron chi connectivity index (χ4n) is 2.59. The van der Waals surface area contributed by atoms with E-state index in [-0.39, 0.29) is 11.7 Å². The van der Waals surface area contributed by atoms with E-state index in [1.807, 2.05) is 19.1 Å². The Morgan fingerprint density at radius 2 is 2.00 bits per heavy atom. The number of carbonyl (C=O) groups is 2. The van der Waals surface area contributed by atoms with Gasteiger partial charge in [-0.1, -0.05) is 18.2 Å². The molecule has 0 saturated heterocycles. The number of carbonyl (C=O) groups excluding carboxylic acids is 2. The summed E-state index contributed by atoms with van der Waals surface area (Å²) in [6, 6.07) is 10.6. The minimum Gasteiger partial charge on any atom is -0.399 e. The van der Waals surface area contributed by atoms with Gasteiger partial charge >= 0.3 is 0 Å². The Hall–Kier alpha value is -2.62. The van der Waals surface area contributed by atoms with Gasteiger partial charge in [-0.3, -0.25) is 9.59 Å². The van der Waals surface area contributed by atoms with E-state index >= 15 is 0 Å². The molecule has 21 heavy (non-hydrogen) atoms. The van der Waals surface area contributed by atoms with Crippen molar-refractivity contribution >= 4 is 17.4 Å². The molecule has 0 bridgehead atoms. The predicted octanol–water partition coefficient (Wildman–Crippen LogP) is 2.09. The Bertz CT molecular complexity index is 750. The first-order valence-electron chi connectivity index (χ1n) is 6.88. The van der Waals surface area contributed by atoms with Gasteiger partial charge in [-0.25, -0.2) is 0 Å². The lowest BCUT2D eigenvalue weighted by Gasteiger charge is -2.17. The molecule has 0 saturated carbocycles. The maximum absolute atomic E-state index is 12.6. The SMILES string of the molecule is Cc1ccc(N)cc1C(=O)c1ccc2c(c1)C(=O)NCC2. The maximum atomic E-state index is 12.6. The Labute approximate surface area is 123 Å². The summed E-state index contributed by atoms with van der Waals surface area (Å²) >= 11 is 0. The molecular weight excluding hydrogens is 264 g/mol. The standard InChI is InChI=1S/C17H16N2O2/c1-10-2-5-13(18)9-14(10)16(20)12-4-3-11-6-7-19-17(21)15(11)8-12/h2-5,8-9H,6-7,18H2,1H3,(H,19,21). The first kappa shape index (κ1) is 13.4. The summed E-state index contributed by atoms with van der Waals surface area (Å²) in [6.45, 7) is 2.52. The molecule has 0 unspecified atom stereocenters. The Balaban J connectivity index is 2.04. The van der Waals surface area contributed by atoms with Crippen molar-refractivity contribution in [3.63, 3.8) is 0 Å². The van der Waals surface area contributed by atoms with Crippen LogP contribution in [0.15, 0.2) is 36.4 Å². The lowest BCUT2D eigenvalue weighted by atomic mass is 9.93. The van der Waals surface area contributed by atoms with Crippen molar-refractivity contribution in [2.75, 3.05) is 12.3 Å². The van der Waals surface area contributed by atoms with Gasteiger partial charge in [-0.2, -0.15) is 0 Å². The highest BCUT2D eigenvalue weighted by Crippen LogP contribution is 2.21. The summed E-state index contributed by atoms with van der Waals surface area (Å²) in [6.07, 6.45) is 0.798. The summed E-state index contributed by atoms with van der Waals surface area (Å²) in [4.78, 5) is 24.5. The topological polar surface area (TPSA) is 72.2 Å². The molecular formula is C17H16N2O2. The largest absolute Gasteiger partial charge is 0.399 e. The van der Waals surface area contributed by atoms with Crippen molar-refractivity contribution in [3.05, 3.63) is 64.2 Å². The number of amides is 1. The number of benzene rings is 2. The number of fused-ring (bicyclic) bond motifs is 1. The molecule has 4 heteroatoms. The summed E-state index contributed by atoms with van der Waals surface area (Å²) in [5.74, 6) is -0.226. The van der Waals surface area contributed by atoms with Gasteiger partial charge in [0.15, 0.2) is 5.78 Å². The van der Waals surface area contributed by atoms with E-state index in [2.05, 4.69) is 5.32 Å². The summed E-state index contributed by atoms with van der Waals surface area (Å²) < 4.78 is 0. The number of ketones is 1. The van der Waals surface area contributed by atoms with Crippen LogP contribution < -0.4 is 11.1 Å². The molecule has 0 spiro atoms. The highest BCUT2D eigenvalue weighted by Gasteiger charge is 2.19. The van der Waals surface area contributed by atoms with E-state index in [0.29, 0.717) is 28.9 Å². The van der Waals surface area contributed by atoms with Gasteiger partial charge in [0.05, 0.1) is 0 Å². The number of aryl methyl sites for hydroxylation is 1. The number of hydrogen-bond donors (Lipinski definition) is 2. The minimum atomic E-state index is -0.116. The van der Waals surface area contributed by atoms with Crippen LogP contribution in [0.25, 0.3) is 0 Å². The van der Waals surface area contributed by atoms with Crippen molar-refractivity contribution in [3.8, 4) is 0 Å². The molecule has 2 aromatic rings. The Morgan fingerprint density at radius 1 is 1.19 bits per heavy atom. The summed E-state index contributed by atoms with van der Waals surface area (Å²) in [5.41, 5.74) is 9.85. The average Bonchev–Trinajstić information content (AvgIpc) is 2.49. The fourth-order valence-corrected chi connectivity index (χ4v) is 2.59. The van der Waals surface area contributed by atoms with Crippen molar-refractivity contribution in [1.29, 1.82) is 0 Å². The number of nitrogens with one attached hydrogen (secondary N) is 1. The van der Waals surface area contributed by atoms with Gasteiger partial charge in [0.25, 0.3) is 5.91 Å². The zero-order valence-corrected chi connectivity index (χ0v) is 11.8. The number of hydrogen-bond acceptors (Lipinski definition) is 3. The molecule has 0 radical (unpaired) electrons. The van der Waals surface area contributed by atoms with Gasteiger partial charge in [0.1, 0.15) is 0 Å². The second-order valence-electron chi connectivity index (χ2n) is 5.28. The van der Waals surface area contributed by atoms with E-state index in [9.17, 15) is 9.59 Å². The van der Waals surface area contributed by atoms with E-state index < -0.39 is 0 Å². The van der Waals surface area contributed by atoms with Crippen LogP contribution in [0.2, 0.25) is 0 Å². The lowest BCUT2D eigenvalue weighted by Crippen LogP contribution is -2.32. The molecule has 1 heterocycles.